The number of aromatic nitrogens is 2. The Morgan fingerprint density at radius 3 is 2.43 bits per heavy atom. The molecule has 126 valence electrons. The number of nitrogens with two attached hydrogens (primary N) is 1. The Labute approximate surface area is 130 Å². The van der Waals surface area contributed by atoms with Gasteiger partial charge in [0.25, 0.3) is 0 Å². The van der Waals surface area contributed by atoms with Gasteiger partial charge in [-0.25, -0.2) is 14.8 Å². The lowest BCUT2D eigenvalue weighted by molar-refractivity contribution is -0.0584. The van der Waals surface area contributed by atoms with Gasteiger partial charge >= 0.3 is 12.3 Å². The highest BCUT2D eigenvalue weighted by atomic mass is 19.4. The van der Waals surface area contributed by atoms with Crippen molar-refractivity contribution >= 4 is 17.6 Å². The van der Waals surface area contributed by atoms with Crippen molar-refractivity contribution < 1.29 is 22.7 Å². The Hall–Kier alpha value is -2.65. The maximum Gasteiger partial charge on any atom is 0.435 e. The molecule has 1 rings (SSSR count). The van der Waals surface area contributed by atoms with Gasteiger partial charge in [0, 0.05) is 18.6 Å². The molecule has 0 bridgehead atoms. The topological polar surface area (TPSA) is 102 Å². The molecule has 0 atom stereocenters. The van der Waals surface area contributed by atoms with E-state index in [1.165, 1.54) is 12.4 Å². The number of nitrogens with one attached hydrogen (secondary N) is 1. The summed E-state index contributed by atoms with van der Waals surface area (Å²) in [7, 11) is 0. The number of alkyl halides is 3. The fraction of sp³-hybridized carbons (Fsp3) is 0.385. The molecule has 1 aromatic rings. The molecule has 0 radical (unpaired) electrons. The average molecular weight is 331 g/mol. The van der Waals surface area contributed by atoms with Crippen LogP contribution in [0.5, 0.6) is 0 Å². The Morgan fingerprint density at radius 2 is 2.00 bits per heavy atom. The minimum absolute atomic E-state index is 0.287. The number of amides is 1. The molecule has 0 aliphatic heterocycles. The number of rotatable bonds is 3. The molecule has 10 heteroatoms. The van der Waals surface area contributed by atoms with Gasteiger partial charge in [0.1, 0.15) is 5.60 Å². The van der Waals surface area contributed by atoms with Crippen LogP contribution in [-0.2, 0) is 4.74 Å². The van der Waals surface area contributed by atoms with Gasteiger partial charge in [-0.15, -0.1) is 0 Å². The predicted molar refractivity (Wildman–Crippen MR) is 76.8 cm³/mol. The van der Waals surface area contributed by atoms with Crippen molar-refractivity contribution in [3.63, 3.8) is 0 Å². The summed E-state index contributed by atoms with van der Waals surface area (Å²) in [5, 5.41) is 1.93. The number of nitrogens with zero attached hydrogens (tertiary/aromatic N) is 3. The Bertz CT molecular complexity index is 606. The van der Waals surface area contributed by atoms with Gasteiger partial charge in [-0.2, -0.15) is 13.2 Å². The van der Waals surface area contributed by atoms with Gasteiger partial charge in [0.05, 0.1) is 11.9 Å². The molecule has 3 N–H and O–H groups in total. The number of aliphatic imine (C=N–C) groups is 1. The predicted octanol–water partition coefficient (Wildman–Crippen LogP) is 2.44. The molecule has 7 nitrogen and oxygen atoms in total. The number of ether oxygens (including phenoxy) is 1. The van der Waals surface area contributed by atoms with E-state index >= 15 is 0 Å². The molecular weight excluding hydrogens is 315 g/mol. The summed E-state index contributed by atoms with van der Waals surface area (Å²) in [5.74, 6) is -0.287. The second kappa shape index (κ2) is 7.07. The van der Waals surface area contributed by atoms with Crippen LogP contribution >= 0.6 is 0 Å². The van der Waals surface area contributed by atoms with Crippen molar-refractivity contribution in [3.8, 4) is 0 Å². The van der Waals surface area contributed by atoms with Crippen molar-refractivity contribution in [1.29, 1.82) is 0 Å². The molecule has 0 saturated carbocycles. The number of halogens is 3. The molecule has 1 aromatic heterocycles. The third-order valence-corrected chi connectivity index (χ3v) is 2.10. The van der Waals surface area contributed by atoms with E-state index in [-0.39, 0.29) is 5.82 Å². The van der Waals surface area contributed by atoms with Crippen LogP contribution in [0.1, 0.15) is 20.8 Å². The first-order chi connectivity index (χ1) is 10.5. The molecule has 23 heavy (non-hydrogen) atoms. The number of allylic oxidation sites excluding steroid dienone is 1. The molecule has 0 aliphatic rings. The molecule has 1 amide bonds. The van der Waals surface area contributed by atoms with Crippen molar-refractivity contribution in [2.45, 2.75) is 32.5 Å². The minimum Gasteiger partial charge on any atom is -0.444 e. The molecule has 1 heterocycles. The van der Waals surface area contributed by atoms with Gasteiger partial charge in [-0.05, 0) is 20.8 Å². The molecule has 0 spiro atoms. The van der Waals surface area contributed by atoms with Crippen LogP contribution in [0.15, 0.2) is 35.5 Å². The first-order valence-corrected chi connectivity index (χ1v) is 6.37. The Kier molecular flexibility index (Phi) is 5.66. The van der Waals surface area contributed by atoms with E-state index in [0.717, 1.165) is 6.20 Å². The molecule has 0 aromatic carbocycles. The van der Waals surface area contributed by atoms with Crippen molar-refractivity contribution in [2.75, 3.05) is 0 Å². The normalized spacial score (nSPS) is 13.7. The molecular formula is C13H16F3N5O2. The van der Waals surface area contributed by atoms with E-state index in [1.807, 2.05) is 5.32 Å². The standard InChI is InChI=1S/C13H16F3N5O2/c1-12(2,3)23-11(22)20-8(6-17)10(13(14,15)16)21-9-7-18-4-5-19-9/h4-7H,17H2,1-3H3,(H,20,22). The lowest BCUT2D eigenvalue weighted by Gasteiger charge is -2.21. The fourth-order valence-electron chi connectivity index (χ4n) is 1.33. The smallest absolute Gasteiger partial charge is 0.435 e. The SMILES string of the molecule is CC(C)(C)OC(=O)NC(=CN)C(=Nc1cnccn1)C(F)(F)F. The van der Waals surface area contributed by atoms with Crippen LogP contribution in [0.25, 0.3) is 0 Å². The van der Waals surface area contributed by atoms with E-state index in [2.05, 4.69) is 15.0 Å². The maximum absolute atomic E-state index is 13.2. The van der Waals surface area contributed by atoms with Crippen LogP contribution in [0.2, 0.25) is 0 Å². The summed E-state index contributed by atoms with van der Waals surface area (Å²) < 4.78 is 44.4. The van der Waals surface area contributed by atoms with E-state index < -0.39 is 29.3 Å². The second-order valence-electron chi connectivity index (χ2n) is 5.23. The number of alkyl carbamates (subject to hydrolysis) is 1. The van der Waals surface area contributed by atoms with E-state index in [1.54, 1.807) is 20.8 Å². The van der Waals surface area contributed by atoms with E-state index in [9.17, 15) is 18.0 Å². The zero-order valence-corrected chi connectivity index (χ0v) is 12.7. The Morgan fingerprint density at radius 1 is 1.35 bits per heavy atom. The first-order valence-electron chi connectivity index (χ1n) is 6.37. The number of carbonyl (C=O) groups excluding carboxylic acids is 1. The largest absolute Gasteiger partial charge is 0.444 e. The zero-order valence-electron chi connectivity index (χ0n) is 12.7. The van der Waals surface area contributed by atoms with Gasteiger partial charge < -0.3 is 10.5 Å². The monoisotopic (exact) mass is 331 g/mol. The van der Waals surface area contributed by atoms with Gasteiger partial charge in [-0.1, -0.05) is 0 Å². The number of carbonyl (C=O) groups is 1. The van der Waals surface area contributed by atoms with Crippen molar-refractivity contribution in [3.05, 3.63) is 30.5 Å². The third-order valence-electron chi connectivity index (χ3n) is 2.10. The summed E-state index contributed by atoms with van der Waals surface area (Å²) in [6.45, 7) is 4.70. The minimum atomic E-state index is -4.88. The van der Waals surface area contributed by atoms with Gasteiger partial charge in [0.2, 0.25) is 0 Å². The van der Waals surface area contributed by atoms with Crippen molar-refractivity contribution in [1.82, 2.24) is 15.3 Å². The summed E-state index contributed by atoms with van der Waals surface area (Å²) in [4.78, 5) is 22.2. The average Bonchev–Trinajstić information content (AvgIpc) is 2.40. The first kappa shape index (κ1) is 18.4. The highest BCUT2D eigenvalue weighted by molar-refractivity contribution is 6.06. The molecule has 0 unspecified atom stereocenters. The molecule has 0 aliphatic carbocycles. The highest BCUT2D eigenvalue weighted by Crippen LogP contribution is 2.24. The van der Waals surface area contributed by atoms with Crippen LogP contribution in [0.4, 0.5) is 23.8 Å². The fourth-order valence-corrected chi connectivity index (χ4v) is 1.33. The lowest BCUT2D eigenvalue weighted by Crippen LogP contribution is -2.38. The van der Waals surface area contributed by atoms with E-state index in [4.69, 9.17) is 10.5 Å². The number of hydrogen-bond acceptors (Lipinski definition) is 6. The molecule has 0 saturated heterocycles. The lowest BCUT2D eigenvalue weighted by atomic mass is 10.2. The summed E-state index contributed by atoms with van der Waals surface area (Å²) >= 11 is 0. The molecule has 0 fully saturated rings. The number of hydrogen-bond donors (Lipinski definition) is 2. The van der Waals surface area contributed by atoms with Gasteiger partial charge in [-0.3, -0.25) is 10.3 Å². The van der Waals surface area contributed by atoms with Crippen LogP contribution in [0.3, 0.4) is 0 Å². The third kappa shape index (κ3) is 6.32. The zero-order chi connectivity index (χ0) is 17.7. The van der Waals surface area contributed by atoms with Gasteiger partial charge in [0.15, 0.2) is 11.5 Å². The Balaban J connectivity index is 3.11. The highest BCUT2D eigenvalue weighted by Gasteiger charge is 2.39. The van der Waals surface area contributed by atoms with E-state index in [0.29, 0.717) is 6.20 Å². The van der Waals surface area contributed by atoms with Crippen LogP contribution in [-0.4, -0.2) is 33.6 Å². The maximum atomic E-state index is 13.2. The van der Waals surface area contributed by atoms with Crippen molar-refractivity contribution in [2.24, 2.45) is 10.7 Å². The van der Waals surface area contributed by atoms with Crippen LogP contribution < -0.4 is 11.1 Å². The summed E-state index contributed by atoms with van der Waals surface area (Å²) in [6, 6.07) is 0. The summed E-state index contributed by atoms with van der Waals surface area (Å²) in [5.41, 5.74) is 2.13. The van der Waals surface area contributed by atoms with Crippen LogP contribution in [0, 0.1) is 0 Å². The quantitative estimate of drug-likeness (QED) is 0.828. The second-order valence-corrected chi connectivity index (χ2v) is 5.23. The summed E-state index contributed by atoms with van der Waals surface area (Å²) in [6.07, 6.45) is -1.90.